The van der Waals surface area contributed by atoms with E-state index in [1.54, 1.807) is 22.7 Å². The van der Waals surface area contributed by atoms with Gasteiger partial charge in [0, 0.05) is 28.9 Å². The summed E-state index contributed by atoms with van der Waals surface area (Å²) in [5, 5.41) is 5.59. The first-order valence-electron chi connectivity index (χ1n) is 12.6. The van der Waals surface area contributed by atoms with Gasteiger partial charge in [-0.25, -0.2) is 0 Å². The zero-order valence-electron chi connectivity index (χ0n) is 21.6. The third kappa shape index (κ3) is 3.60. The lowest BCUT2D eigenvalue weighted by atomic mass is 10.1. The number of ether oxygens (including phenoxy) is 5. The molecule has 200 valence electrons. The van der Waals surface area contributed by atoms with Crippen LogP contribution >= 0.6 is 0 Å². The van der Waals surface area contributed by atoms with Crippen molar-refractivity contribution in [3.63, 3.8) is 0 Å². The van der Waals surface area contributed by atoms with E-state index in [0.717, 1.165) is 16.3 Å². The monoisotopic (exact) mass is 537 g/mol. The quantitative estimate of drug-likeness (QED) is 0.304. The molecule has 4 heterocycles. The van der Waals surface area contributed by atoms with Gasteiger partial charge in [-0.2, -0.15) is 0 Å². The first-order chi connectivity index (χ1) is 19.6. The minimum atomic E-state index is -0.267. The van der Waals surface area contributed by atoms with Crippen LogP contribution < -0.4 is 34.6 Å². The van der Waals surface area contributed by atoms with E-state index in [9.17, 15) is 9.59 Å². The second kappa shape index (κ2) is 9.19. The molecule has 1 aliphatic rings. The molecule has 40 heavy (non-hydrogen) atoms. The molecule has 0 saturated heterocycles. The van der Waals surface area contributed by atoms with Crippen molar-refractivity contribution in [1.82, 2.24) is 14.7 Å². The number of methoxy groups -OCH3 is 2. The molecule has 3 aromatic carbocycles. The maximum Gasteiger partial charge on any atom is 0.267 e. The molecular formula is C30H23N3O7. The molecule has 3 aromatic heterocycles. The lowest BCUT2D eigenvalue weighted by Crippen LogP contribution is -2.28. The fraction of sp³-hybridized carbons (Fsp3) is 0.167. The van der Waals surface area contributed by atoms with Crippen molar-refractivity contribution in [2.24, 2.45) is 0 Å². The zero-order valence-corrected chi connectivity index (χ0v) is 21.6. The van der Waals surface area contributed by atoms with Gasteiger partial charge in [0.05, 0.1) is 36.2 Å². The molecule has 7 rings (SSSR count). The molecule has 10 nitrogen and oxygen atoms in total. The number of hydrogen-bond donors (Lipinski definition) is 1. The first-order valence-corrected chi connectivity index (χ1v) is 12.6. The molecule has 1 N–H and O–H groups in total. The summed E-state index contributed by atoms with van der Waals surface area (Å²) < 4.78 is 29.2. The van der Waals surface area contributed by atoms with Crippen molar-refractivity contribution in [3.8, 4) is 28.7 Å². The van der Waals surface area contributed by atoms with Crippen LogP contribution in [0.5, 0.6) is 28.7 Å². The molecule has 1 amide bonds. The summed E-state index contributed by atoms with van der Waals surface area (Å²) in [5.74, 6) is 2.43. The Labute approximate surface area is 226 Å². The summed E-state index contributed by atoms with van der Waals surface area (Å²) in [4.78, 5) is 31.0. The Morgan fingerprint density at radius 2 is 1.85 bits per heavy atom. The molecule has 0 spiro atoms. The number of pyridine rings is 2. The largest absolute Gasteiger partial charge is 0.493 e. The second-order valence-electron chi connectivity index (χ2n) is 9.35. The Balaban J connectivity index is 1.21. The van der Waals surface area contributed by atoms with Crippen molar-refractivity contribution in [2.45, 2.75) is 6.54 Å². The maximum absolute atomic E-state index is 13.9. The number of nitrogens with zero attached hydrogens (tertiary/aromatic N) is 2. The summed E-state index contributed by atoms with van der Waals surface area (Å²) in [5.41, 5.74) is 2.74. The number of carbonyl (C=O) groups is 1. The van der Waals surface area contributed by atoms with Gasteiger partial charge >= 0.3 is 0 Å². The summed E-state index contributed by atoms with van der Waals surface area (Å²) >= 11 is 0. The number of aromatic nitrogens is 2. The molecule has 0 saturated carbocycles. The first kappa shape index (κ1) is 23.8. The SMILES string of the molecule is COc1ccc2c(c1OC)c(=O)n1c3ccc(OCC(=O)NCc4ccc5c(c4)OCO5)cc3c3ccnc2c31. The Morgan fingerprint density at radius 1 is 0.975 bits per heavy atom. The topological polar surface area (TPSA) is 110 Å². The molecule has 1 aliphatic heterocycles. The molecular weight excluding hydrogens is 514 g/mol. The van der Waals surface area contributed by atoms with Gasteiger partial charge in [0.25, 0.3) is 11.5 Å². The molecule has 0 aliphatic carbocycles. The van der Waals surface area contributed by atoms with Gasteiger partial charge in [-0.1, -0.05) is 6.07 Å². The van der Waals surface area contributed by atoms with Gasteiger partial charge in [-0.3, -0.25) is 19.0 Å². The van der Waals surface area contributed by atoms with E-state index in [2.05, 4.69) is 10.3 Å². The van der Waals surface area contributed by atoms with Gasteiger partial charge in [0.15, 0.2) is 29.6 Å². The smallest absolute Gasteiger partial charge is 0.267 e. The molecule has 0 radical (unpaired) electrons. The highest BCUT2D eigenvalue weighted by molar-refractivity contribution is 6.19. The molecule has 0 bridgehead atoms. The number of benzene rings is 3. The van der Waals surface area contributed by atoms with Gasteiger partial charge in [-0.15, -0.1) is 0 Å². The van der Waals surface area contributed by atoms with Crippen LogP contribution in [0, 0.1) is 0 Å². The van der Waals surface area contributed by atoms with E-state index < -0.39 is 0 Å². The fourth-order valence-corrected chi connectivity index (χ4v) is 5.34. The van der Waals surface area contributed by atoms with Crippen molar-refractivity contribution in [2.75, 3.05) is 27.6 Å². The van der Waals surface area contributed by atoms with Crippen LogP contribution in [0.4, 0.5) is 0 Å². The molecule has 0 unspecified atom stereocenters. The van der Waals surface area contributed by atoms with Crippen molar-refractivity contribution >= 4 is 44.0 Å². The normalized spacial score (nSPS) is 12.4. The molecule has 0 atom stereocenters. The maximum atomic E-state index is 13.9. The highest BCUT2D eigenvalue weighted by Crippen LogP contribution is 2.39. The summed E-state index contributed by atoms with van der Waals surface area (Å²) in [6.45, 7) is 0.366. The van der Waals surface area contributed by atoms with Gasteiger partial charge in [0.1, 0.15) is 5.75 Å². The number of rotatable bonds is 7. The van der Waals surface area contributed by atoms with Crippen molar-refractivity contribution < 1.29 is 28.5 Å². The Hall–Kier alpha value is -5.25. The van der Waals surface area contributed by atoms with E-state index in [4.69, 9.17) is 23.7 Å². The summed E-state index contributed by atoms with van der Waals surface area (Å²) in [7, 11) is 3.05. The highest BCUT2D eigenvalue weighted by Gasteiger charge is 2.22. The number of amides is 1. The van der Waals surface area contributed by atoms with E-state index in [1.807, 2.05) is 42.5 Å². The van der Waals surface area contributed by atoms with Gasteiger partial charge in [-0.05, 0) is 54.1 Å². The van der Waals surface area contributed by atoms with Crippen LogP contribution in [0.15, 0.2) is 65.6 Å². The van der Waals surface area contributed by atoms with E-state index in [-0.39, 0.29) is 24.9 Å². The minimum Gasteiger partial charge on any atom is -0.493 e. The van der Waals surface area contributed by atoms with Crippen LogP contribution in [-0.4, -0.2) is 42.9 Å². The number of hydrogen-bond acceptors (Lipinski definition) is 8. The van der Waals surface area contributed by atoms with E-state index in [1.165, 1.54) is 14.2 Å². The molecule has 6 aromatic rings. The van der Waals surface area contributed by atoms with Crippen molar-refractivity contribution in [3.05, 3.63) is 76.7 Å². The standard InChI is InChI=1S/C30H23N3O7/c1-36-23-8-5-19-26(29(23)37-2)30(35)33-21-6-4-17(12-20(21)18-9-10-31-27(19)28(18)33)38-14-25(34)32-13-16-3-7-22-24(11-16)40-15-39-22/h3-12H,13-15H2,1-2H3,(H,32,34). The van der Waals surface area contributed by atoms with E-state index in [0.29, 0.717) is 62.6 Å². The fourth-order valence-electron chi connectivity index (χ4n) is 5.34. The van der Waals surface area contributed by atoms with Crippen LogP contribution in [0.25, 0.3) is 38.1 Å². The van der Waals surface area contributed by atoms with E-state index >= 15 is 0 Å². The zero-order chi connectivity index (χ0) is 27.4. The molecule has 0 fully saturated rings. The van der Waals surface area contributed by atoms with Crippen LogP contribution in [0.2, 0.25) is 0 Å². The lowest BCUT2D eigenvalue weighted by molar-refractivity contribution is -0.123. The van der Waals surface area contributed by atoms with Crippen LogP contribution in [0.3, 0.4) is 0 Å². The predicted octanol–water partition coefficient (Wildman–Crippen LogP) is 4.03. The third-order valence-electron chi connectivity index (χ3n) is 7.16. The molecule has 10 heteroatoms. The summed E-state index contributed by atoms with van der Waals surface area (Å²) in [6, 6.07) is 16.4. The Bertz CT molecular complexity index is 2020. The second-order valence-corrected chi connectivity index (χ2v) is 9.35. The van der Waals surface area contributed by atoms with Crippen LogP contribution in [0.1, 0.15) is 5.56 Å². The lowest BCUT2D eigenvalue weighted by Gasteiger charge is -2.12. The average Bonchev–Trinajstić information content (AvgIpc) is 3.59. The predicted molar refractivity (Wildman–Crippen MR) is 148 cm³/mol. The third-order valence-corrected chi connectivity index (χ3v) is 7.16. The average molecular weight is 538 g/mol. The minimum absolute atomic E-state index is 0.164. The van der Waals surface area contributed by atoms with Crippen LogP contribution in [-0.2, 0) is 11.3 Å². The Morgan fingerprint density at radius 3 is 2.70 bits per heavy atom. The summed E-state index contributed by atoms with van der Waals surface area (Å²) in [6.07, 6.45) is 1.72. The highest BCUT2D eigenvalue weighted by atomic mass is 16.7. The van der Waals surface area contributed by atoms with Gasteiger partial charge in [0.2, 0.25) is 6.79 Å². The number of nitrogens with one attached hydrogen (secondary N) is 1. The number of fused-ring (bicyclic) bond motifs is 6. The number of carbonyl (C=O) groups excluding carboxylic acids is 1. The Kier molecular flexibility index (Phi) is 5.48. The van der Waals surface area contributed by atoms with Gasteiger partial charge < -0.3 is 29.0 Å². The van der Waals surface area contributed by atoms with Crippen molar-refractivity contribution in [1.29, 1.82) is 0 Å².